The summed E-state index contributed by atoms with van der Waals surface area (Å²) in [5.74, 6) is 0. The van der Waals surface area contributed by atoms with Crippen LogP contribution in [0.1, 0.15) is 24.2 Å². The van der Waals surface area contributed by atoms with Crippen molar-refractivity contribution in [2.45, 2.75) is 25.7 Å². The number of nitrogens with one attached hydrogen (secondary N) is 1. The van der Waals surface area contributed by atoms with Crippen molar-refractivity contribution < 1.29 is 14.6 Å². The molecular weight excluding hydrogens is 266 g/mol. The van der Waals surface area contributed by atoms with Crippen LogP contribution in [0, 0.1) is 0 Å². The normalized spacial score (nSPS) is 13.2. The third kappa shape index (κ3) is 4.61. The molecule has 0 saturated heterocycles. The van der Waals surface area contributed by atoms with Crippen LogP contribution in [0.15, 0.2) is 60.7 Å². The topological polar surface area (TPSA) is 58.6 Å². The van der Waals surface area contributed by atoms with Crippen molar-refractivity contribution in [3.63, 3.8) is 0 Å². The van der Waals surface area contributed by atoms with Gasteiger partial charge in [-0.3, -0.25) is 0 Å². The standard InChI is InChI=1S/C17H19NO3/c1-13(16(19)15-10-6-3-7-11-15)18-17(20)21-12-14-8-4-2-5-9-14/h2-11,13,16,19H,12H2,1H3,(H,18,20)/t13-,16-/m0/s1. The Balaban J connectivity index is 1.82. The van der Waals surface area contributed by atoms with Crippen molar-refractivity contribution in [3.05, 3.63) is 71.8 Å². The smallest absolute Gasteiger partial charge is 0.407 e. The van der Waals surface area contributed by atoms with Crippen LogP contribution >= 0.6 is 0 Å². The Labute approximate surface area is 124 Å². The Hall–Kier alpha value is -2.33. The molecular formula is C17H19NO3. The van der Waals surface area contributed by atoms with Gasteiger partial charge in [-0.25, -0.2) is 4.79 Å². The highest BCUT2D eigenvalue weighted by Crippen LogP contribution is 2.16. The lowest BCUT2D eigenvalue weighted by atomic mass is 10.0. The maximum absolute atomic E-state index is 11.7. The molecule has 0 aromatic heterocycles. The van der Waals surface area contributed by atoms with E-state index >= 15 is 0 Å². The summed E-state index contributed by atoms with van der Waals surface area (Å²) in [4.78, 5) is 11.7. The van der Waals surface area contributed by atoms with Gasteiger partial charge in [0.15, 0.2) is 0 Å². The molecule has 0 aliphatic rings. The molecule has 2 aromatic carbocycles. The number of amides is 1. The number of hydrogen-bond acceptors (Lipinski definition) is 3. The first kappa shape index (κ1) is 15.1. The second-order valence-electron chi connectivity index (χ2n) is 4.85. The minimum atomic E-state index is -0.768. The Morgan fingerprint density at radius 2 is 1.67 bits per heavy atom. The predicted octanol–water partition coefficient (Wildman–Crippen LogP) is 3.03. The SMILES string of the molecule is C[C@H](NC(=O)OCc1ccccc1)[C@H](O)c1ccccc1. The number of carbonyl (C=O) groups is 1. The van der Waals surface area contributed by atoms with E-state index < -0.39 is 18.2 Å². The zero-order valence-corrected chi connectivity index (χ0v) is 11.9. The number of aliphatic hydroxyl groups excluding tert-OH is 1. The Bertz CT molecular complexity index is 557. The third-order valence-corrected chi connectivity index (χ3v) is 3.17. The molecule has 2 atom stereocenters. The van der Waals surface area contributed by atoms with Crippen LogP contribution in [-0.2, 0) is 11.3 Å². The molecule has 0 bridgehead atoms. The first-order chi connectivity index (χ1) is 10.2. The van der Waals surface area contributed by atoms with Crippen LogP contribution in [0.25, 0.3) is 0 Å². The molecule has 0 fully saturated rings. The van der Waals surface area contributed by atoms with Crippen molar-refractivity contribution in [2.75, 3.05) is 0 Å². The summed E-state index contributed by atoms with van der Waals surface area (Å²) < 4.78 is 5.12. The third-order valence-electron chi connectivity index (χ3n) is 3.17. The summed E-state index contributed by atoms with van der Waals surface area (Å²) in [7, 11) is 0. The molecule has 0 aliphatic heterocycles. The van der Waals surface area contributed by atoms with E-state index in [0.717, 1.165) is 11.1 Å². The fraction of sp³-hybridized carbons (Fsp3) is 0.235. The molecule has 0 unspecified atom stereocenters. The van der Waals surface area contributed by atoms with Gasteiger partial charge < -0.3 is 15.2 Å². The maximum atomic E-state index is 11.7. The Morgan fingerprint density at radius 1 is 1.10 bits per heavy atom. The van der Waals surface area contributed by atoms with Gasteiger partial charge >= 0.3 is 6.09 Å². The second-order valence-corrected chi connectivity index (χ2v) is 4.85. The molecule has 4 nitrogen and oxygen atoms in total. The van der Waals surface area contributed by atoms with Crippen molar-refractivity contribution in [3.8, 4) is 0 Å². The lowest BCUT2D eigenvalue weighted by Gasteiger charge is -2.20. The molecule has 2 rings (SSSR count). The highest BCUT2D eigenvalue weighted by molar-refractivity contribution is 5.67. The summed E-state index contributed by atoms with van der Waals surface area (Å²) in [5, 5.41) is 12.8. The van der Waals surface area contributed by atoms with E-state index in [0.29, 0.717) is 0 Å². The molecule has 21 heavy (non-hydrogen) atoms. The molecule has 0 saturated carbocycles. The minimum Gasteiger partial charge on any atom is -0.445 e. The first-order valence-corrected chi connectivity index (χ1v) is 6.87. The molecule has 0 heterocycles. The Morgan fingerprint density at radius 3 is 2.29 bits per heavy atom. The van der Waals surface area contributed by atoms with Gasteiger partial charge in [-0.05, 0) is 18.1 Å². The molecule has 110 valence electrons. The summed E-state index contributed by atoms with van der Waals surface area (Å²) in [6.07, 6.45) is -1.31. The van der Waals surface area contributed by atoms with Crippen LogP contribution in [0.4, 0.5) is 4.79 Å². The summed E-state index contributed by atoms with van der Waals surface area (Å²) in [5.41, 5.74) is 1.68. The molecule has 1 amide bonds. The van der Waals surface area contributed by atoms with Gasteiger partial charge in [-0.2, -0.15) is 0 Å². The number of alkyl carbamates (subject to hydrolysis) is 1. The van der Waals surface area contributed by atoms with Crippen LogP contribution in [0.2, 0.25) is 0 Å². The predicted molar refractivity (Wildman–Crippen MR) is 80.6 cm³/mol. The highest BCUT2D eigenvalue weighted by atomic mass is 16.5. The van der Waals surface area contributed by atoms with E-state index in [2.05, 4.69) is 5.32 Å². The summed E-state index contributed by atoms with van der Waals surface area (Å²) in [6.45, 7) is 1.95. The number of carbonyl (C=O) groups excluding carboxylic acids is 1. The van der Waals surface area contributed by atoms with Gasteiger partial charge in [0, 0.05) is 0 Å². The van der Waals surface area contributed by atoms with E-state index in [1.165, 1.54) is 0 Å². The van der Waals surface area contributed by atoms with Gasteiger partial charge in [0.2, 0.25) is 0 Å². The van der Waals surface area contributed by atoms with Gasteiger partial charge in [-0.1, -0.05) is 60.7 Å². The van der Waals surface area contributed by atoms with Gasteiger partial charge in [0.25, 0.3) is 0 Å². The minimum absolute atomic E-state index is 0.209. The van der Waals surface area contributed by atoms with Crippen molar-refractivity contribution in [1.29, 1.82) is 0 Å². The summed E-state index contributed by atoms with van der Waals surface area (Å²) >= 11 is 0. The molecule has 4 heteroatoms. The van der Waals surface area contributed by atoms with E-state index in [1.54, 1.807) is 6.92 Å². The van der Waals surface area contributed by atoms with E-state index in [4.69, 9.17) is 4.74 Å². The van der Waals surface area contributed by atoms with Crippen LogP contribution < -0.4 is 5.32 Å². The first-order valence-electron chi connectivity index (χ1n) is 6.87. The second kappa shape index (κ2) is 7.45. The average molecular weight is 285 g/mol. The van der Waals surface area contributed by atoms with Crippen LogP contribution in [-0.4, -0.2) is 17.2 Å². The maximum Gasteiger partial charge on any atom is 0.407 e. The van der Waals surface area contributed by atoms with E-state index in [9.17, 15) is 9.90 Å². The van der Waals surface area contributed by atoms with Crippen molar-refractivity contribution in [1.82, 2.24) is 5.32 Å². The monoisotopic (exact) mass is 285 g/mol. The zero-order valence-electron chi connectivity index (χ0n) is 11.9. The Kier molecular flexibility index (Phi) is 5.35. The largest absolute Gasteiger partial charge is 0.445 e. The van der Waals surface area contributed by atoms with Gasteiger partial charge in [-0.15, -0.1) is 0 Å². The number of benzene rings is 2. The van der Waals surface area contributed by atoms with E-state index in [1.807, 2.05) is 60.7 Å². The number of aliphatic hydroxyl groups is 1. The number of ether oxygens (including phenoxy) is 1. The van der Waals surface area contributed by atoms with Crippen LogP contribution in [0.3, 0.4) is 0 Å². The molecule has 2 aromatic rings. The van der Waals surface area contributed by atoms with Crippen molar-refractivity contribution >= 4 is 6.09 Å². The van der Waals surface area contributed by atoms with E-state index in [-0.39, 0.29) is 6.61 Å². The lowest BCUT2D eigenvalue weighted by molar-refractivity contribution is 0.106. The fourth-order valence-corrected chi connectivity index (χ4v) is 1.97. The summed E-state index contributed by atoms with van der Waals surface area (Å²) in [6, 6.07) is 18.2. The number of hydrogen-bond donors (Lipinski definition) is 2. The molecule has 0 aliphatic carbocycles. The molecule has 0 spiro atoms. The zero-order chi connectivity index (χ0) is 15.1. The fourth-order valence-electron chi connectivity index (χ4n) is 1.97. The quantitative estimate of drug-likeness (QED) is 0.887. The molecule has 0 radical (unpaired) electrons. The van der Waals surface area contributed by atoms with Crippen molar-refractivity contribution in [2.24, 2.45) is 0 Å². The lowest BCUT2D eigenvalue weighted by Crippen LogP contribution is -2.37. The molecule has 2 N–H and O–H groups in total. The number of rotatable bonds is 5. The average Bonchev–Trinajstić information content (AvgIpc) is 2.54. The van der Waals surface area contributed by atoms with Gasteiger partial charge in [0.05, 0.1) is 12.1 Å². The van der Waals surface area contributed by atoms with Crippen LogP contribution in [0.5, 0.6) is 0 Å². The highest BCUT2D eigenvalue weighted by Gasteiger charge is 2.18. The van der Waals surface area contributed by atoms with Gasteiger partial charge in [0.1, 0.15) is 6.61 Å².